The first-order valence-electron chi connectivity index (χ1n) is 15.3. The molecular formula is C41H34O. The monoisotopic (exact) mass is 542 g/mol. The van der Waals surface area contributed by atoms with Gasteiger partial charge in [0.1, 0.15) is 11.2 Å². The quantitative estimate of drug-likeness (QED) is 0.190. The maximum Gasteiger partial charge on any atom is 0.136 e. The van der Waals surface area contributed by atoms with Crippen molar-refractivity contribution in [3.05, 3.63) is 138 Å². The van der Waals surface area contributed by atoms with E-state index in [1.165, 1.54) is 72.1 Å². The molecule has 0 N–H and O–H groups in total. The molecule has 2 atom stereocenters. The lowest BCUT2D eigenvalue weighted by molar-refractivity contribution is 0.560. The maximum absolute atomic E-state index is 6.24. The number of rotatable bonds is 6. The molecule has 7 aromatic rings. The molecule has 0 bridgehead atoms. The predicted molar refractivity (Wildman–Crippen MR) is 179 cm³/mol. The van der Waals surface area contributed by atoms with E-state index in [2.05, 4.69) is 135 Å². The van der Waals surface area contributed by atoms with E-state index in [9.17, 15) is 0 Å². The molecular weight excluding hydrogens is 508 g/mol. The van der Waals surface area contributed by atoms with Crippen LogP contribution in [0.25, 0.3) is 60.2 Å². The Morgan fingerprint density at radius 1 is 0.690 bits per heavy atom. The minimum absolute atomic E-state index is 0.349. The van der Waals surface area contributed by atoms with Crippen LogP contribution in [0.2, 0.25) is 0 Å². The smallest absolute Gasteiger partial charge is 0.136 e. The van der Waals surface area contributed by atoms with E-state index in [1.807, 2.05) is 0 Å². The van der Waals surface area contributed by atoms with Gasteiger partial charge in [0, 0.05) is 16.7 Å². The van der Waals surface area contributed by atoms with Crippen molar-refractivity contribution in [3.8, 4) is 11.1 Å². The number of benzene rings is 6. The van der Waals surface area contributed by atoms with Gasteiger partial charge in [-0.1, -0.05) is 123 Å². The van der Waals surface area contributed by atoms with E-state index >= 15 is 0 Å². The molecule has 0 amide bonds. The molecule has 0 saturated heterocycles. The molecule has 1 aliphatic rings. The van der Waals surface area contributed by atoms with Crippen molar-refractivity contribution in [2.75, 3.05) is 0 Å². The zero-order valence-electron chi connectivity index (χ0n) is 24.2. The zero-order chi connectivity index (χ0) is 28.2. The Kier molecular flexibility index (Phi) is 6.00. The minimum Gasteiger partial charge on any atom is -0.456 e. The van der Waals surface area contributed by atoms with E-state index in [1.54, 1.807) is 0 Å². The highest BCUT2D eigenvalue weighted by atomic mass is 16.3. The largest absolute Gasteiger partial charge is 0.456 e. The Balaban J connectivity index is 1.18. The number of hydrogen-bond acceptors (Lipinski definition) is 1. The third kappa shape index (κ3) is 4.15. The summed E-state index contributed by atoms with van der Waals surface area (Å²) in [4.78, 5) is 0. The van der Waals surface area contributed by atoms with Gasteiger partial charge in [-0.2, -0.15) is 0 Å². The number of fused-ring (bicyclic) bond motifs is 3. The van der Waals surface area contributed by atoms with Crippen molar-refractivity contribution in [1.82, 2.24) is 0 Å². The third-order valence-corrected chi connectivity index (χ3v) is 9.38. The van der Waals surface area contributed by atoms with Gasteiger partial charge in [-0.25, -0.2) is 0 Å². The van der Waals surface area contributed by atoms with Crippen LogP contribution in [0.5, 0.6) is 0 Å². The lowest BCUT2D eigenvalue weighted by atomic mass is 9.85. The molecule has 0 saturated carbocycles. The van der Waals surface area contributed by atoms with Crippen LogP contribution in [0, 0.1) is 5.92 Å². The van der Waals surface area contributed by atoms with Crippen molar-refractivity contribution < 1.29 is 4.42 Å². The van der Waals surface area contributed by atoms with E-state index in [0.717, 1.165) is 24.0 Å². The Bertz CT molecular complexity index is 2150. The van der Waals surface area contributed by atoms with Crippen LogP contribution in [-0.4, -0.2) is 0 Å². The number of hydrogen-bond donors (Lipinski definition) is 0. The molecule has 42 heavy (non-hydrogen) atoms. The molecule has 1 nitrogen and oxygen atoms in total. The molecule has 1 heterocycles. The molecule has 2 unspecified atom stereocenters. The first kappa shape index (κ1) is 25.1. The van der Waals surface area contributed by atoms with Gasteiger partial charge in [-0.3, -0.25) is 0 Å². The second-order valence-electron chi connectivity index (χ2n) is 12.1. The molecule has 0 radical (unpaired) electrons. The van der Waals surface area contributed by atoms with Crippen molar-refractivity contribution >= 4 is 49.1 Å². The van der Waals surface area contributed by atoms with Gasteiger partial charge in [0.15, 0.2) is 0 Å². The summed E-state index contributed by atoms with van der Waals surface area (Å²) < 4.78 is 6.24. The fourth-order valence-electron chi connectivity index (χ4n) is 6.98. The summed E-state index contributed by atoms with van der Waals surface area (Å²) in [5, 5.41) is 7.58. The fraction of sp³-hybridized carbons (Fsp3) is 0.171. The summed E-state index contributed by atoms with van der Waals surface area (Å²) in [6, 6.07) is 38.1. The Labute approximate surface area is 247 Å². The summed E-state index contributed by atoms with van der Waals surface area (Å²) in [6.07, 6.45) is 10.5. The van der Waals surface area contributed by atoms with Crippen LogP contribution in [-0.2, 0) is 6.42 Å². The van der Waals surface area contributed by atoms with E-state index in [4.69, 9.17) is 4.42 Å². The summed E-state index contributed by atoms with van der Waals surface area (Å²) in [5.41, 5.74) is 9.90. The molecule has 0 aliphatic heterocycles. The first-order valence-corrected chi connectivity index (χ1v) is 15.3. The second kappa shape index (κ2) is 10.0. The van der Waals surface area contributed by atoms with Crippen LogP contribution in [0.4, 0.5) is 0 Å². The Hall–Kier alpha value is -4.62. The molecule has 204 valence electrons. The molecule has 8 rings (SSSR count). The van der Waals surface area contributed by atoms with Crippen LogP contribution >= 0.6 is 0 Å². The molecule has 1 aromatic heterocycles. The summed E-state index contributed by atoms with van der Waals surface area (Å²) in [5.74, 6) is 1.05. The van der Waals surface area contributed by atoms with Gasteiger partial charge in [0.2, 0.25) is 0 Å². The topological polar surface area (TPSA) is 13.1 Å². The van der Waals surface area contributed by atoms with Gasteiger partial charge in [0.05, 0.1) is 0 Å². The summed E-state index contributed by atoms with van der Waals surface area (Å²) in [6.45, 7) is 4.62. The molecule has 0 spiro atoms. The average molecular weight is 543 g/mol. The van der Waals surface area contributed by atoms with Gasteiger partial charge in [-0.15, -0.1) is 0 Å². The molecule has 0 fully saturated rings. The van der Waals surface area contributed by atoms with Gasteiger partial charge >= 0.3 is 0 Å². The zero-order valence-corrected chi connectivity index (χ0v) is 24.2. The fourth-order valence-corrected chi connectivity index (χ4v) is 6.98. The van der Waals surface area contributed by atoms with Gasteiger partial charge in [-0.05, 0) is 91.9 Å². The Morgan fingerprint density at radius 3 is 2.19 bits per heavy atom. The van der Waals surface area contributed by atoms with Crippen molar-refractivity contribution in [1.29, 1.82) is 0 Å². The van der Waals surface area contributed by atoms with E-state index in [-0.39, 0.29) is 0 Å². The van der Waals surface area contributed by atoms with Crippen molar-refractivity contribution in [2.45, 2.75) is 39.0 Å². The number of furan rings is 1. The minimum atomic E-state index is 0.349. The van der Waals surface area contributed by atoms with Crippen LogP contribution < -0.4 is 0 Å². The molecule has 6 aromatic carbocycles. The summed E-state index contributed by atoms with van der Waals surface area (Å²) >= 11 is 0. The summed E-state index contributed by atoms with van der Waals surface area (Å²) in [7, 11) is 0. The normalized spacial score (nSPS) is 16.1. The number of allylic oxidation sites excluding steroid dienone is 4. The first-order chi connectivity index (χ1) is 20.7. The predicted octanol–water partition coefficient (Wildman–Crippen LogP) is 11.7. The van der Waals surface area contributed by atoms with Crippen LogP contribution in [0.1, 0.15) is 49.3 Å². The lowest BCUT2D eigenvalue weighted by Gasteiger charge is -2.19. The highest BCUT2D eigenvalue weighted by Crippen LogP contribution is 2.43. The SMILES string of the molecule is CCC(C)Cc1cccc(-c2cccc(C3C=C(c4ccc5c(c4)c4cccc6oc7cccc5c7c64)C=CC3)c2)c1. The highest BCUT2D eigenvalue weighted by Gasteiger charge is 2.18. The van der Waals surface area contributed by atoms with Gasteiger partial charge < -0.3 is 4.42 Å². The molecule has 1 heteroatoms. The van der Waals surface area contributed by atoms with E-state index < -0.39 is 0 Å². The standard InChI is InChI=1S/C41H34O/c1-3-26(2)21-27-9-4-10-28(22-27)29-11-5-12-30(23-29)31-13-6-14-32(24-31)33-19-20-34-35-15-7-17-38-40(35)41-36(37(34)25-33)16-8-18-39(41)42-38/h4-12,14-20,22-26,31H,3,13,21H2,1-2H3. The van der Waals surface area contributed by atoms with Crippen molar-refractivity contribution in [2.24, 2.45) is 5.92 Å². The van der Waals surface area contributed by atoms with E-state index in [0.29, 0.717) is 11.8 Å². The van der Waals surface area contributed by atoms with Crippen molar-refractivity contribution in [3.63, 3.8) is 0 Å². The Morgan fingerprint density at radius 2 is 1.40 bits per heavy atom. The molecule has 1 aliphatic carbocycles. The van der Waals surface area contributed by atoms with Gasteiger partial charge in [0.25, 0.3) is 0 Å². The third-order valence-electron chi connectivity index (χ3n) is 9.38. The van der Waals surface area contributed by atoms with Crippen LogP contribution in [0.15, 0.2) is 126 Å². The highest BCUT2D eigenvalue weighted by molar-refractivity contribution is 6.33. The lowest BCUT2D eigenvalue weighted by Crippen LogP contribution is -2.00. The average Bonchev–Trinajstić information content (AvgIpc) is 3.44. The maximum atomic E-state index is 6.24. The van der Waals surface area contributed by atoms with Crippen LogP contribution in [0.3, 0.4) is 0 Å². The second-order valence-corrected chi connectivity index (χ2v) is 12.1.